The predicted molar refractivity (Wildman–Crippen MR) is 96.1 cm³/mol. The second-order valence-electron chi connectivity index (χ2n) is 5.20. The van der Waals surface area contributed by atoms with E-state index in [0.29, 0.717) is 28.0 Å². The van der Waals surface area contributed by atoms with Gasteiger partial charge in [0.05, 0.1) is 17.2 Å². The second-order valence-corrected chi connectivity index (χ2v) is 6.01. The summed E-state index contributed by atoms with van der Waals surface area (Å²) in [5, 5.41) is 3.62. The van der Waals surface area contributed by atoms with Crippen LogP contribution in [-0.4, -0.2) is 18.0 Å². The molecule has 0 bridgehead atoms. The van der Waals surface area contributed by atoms with Gasteiger partial charge in [0.25, 0.3) is 5.91 Å². The third-order valence-corrected chi connectivity index (χ3v) is 4.25. The van der Waals surface area contributed by atoms with Gasteiger partial charge in [-0.15, -0.1) is 0 Å². The molecule has 1 aromatic heterocycles. The monoisotopic (exact) mass is 376 g/mol. The summed E-state index contributed by atoms with van der Waals surface area (Å²) in [7, 11) is 1.60. The Labute approximate surface area is 154 Å². The molecule has 0 unspecified atom stereocenters. The fourth-order valence-corrected chi connectivity index (χ4v) is 2.45. The Hall–Kier alpha value is -2.50. The van der Waals surface area contributed by atoms with Gasteiger partial charge in [-0.05, 0) is 35.9 Å². The Morgan fingerprint density at radius 1 is 1.16 bits per heavy atom. The number of carbonyl (C=O) groups excluding carboxylic acids is 1. The van der Waals surface area contributed by atoms with Gasteiger partial charge >= 0.3 is 0 Å². The van der Waals surface area contributed by atoms with Gasteiger partial charge in [0.1, 0.15) is 12.0 Å². The normalized spacial score (nSPS) is 10.5. The summed E-state index contributed by atoms with van der Waals surface area (Å²) < 4.78 is 10.5. The maximum atomic E-state index is 12.2. The molecule has 128 valence electrons. The van der Waals surface area contributed by atoms with E-state index < -0.39 is 0 Å². The number of ether oxygens (including phenoxy) is 1. The van der Waals surface area contributed by atoms with Crippen LogP contribution in [0.1, 0.15) is 16.1 Å². The lowest BCUT2D eigenvalue weighted by Gasteiger charge is -2.04. The van der Waals surface area contributed by atoms with Crippen molar-refractivity contribution in [3.63, 3.8) is 0 Å². The van der Waals surface area contributed by atoms with E-state index in [4.69, 9.17) is 32.4 Å². The first kappa shape index (κ1) is 17.3. The molecular formula is C18H14Cl2N2O3. The van der Waals surface area contributed by atoms with E-state index in [9.17, 15) is 4.79 Å². The van der Waals surface area contributed by atoms with Crippen LogP contribution < -0.4 is 10.1 Å². The van der Waals surface area contributed by atoms with Crippen LogP contribution in [0.5, 0.6) is 5.75 Å². The zero-order chi connectivity index (χ0) is 17.8. The van der Waals surface area contributed by atoms with E-state index in [1.54, 1.807) is 25.3 Å². The minimum Gasteiger partial charge on any atom is -0.497 e. The average Bonchev–Trinajstić information content (AvgIpc) is 3.12. The van der Waals surface area contributed by atoms with Crippen molar-refractivity contribution < 1.29 is 13.9 Å². The lowest BCUT2D eigenvalue weighted by molar-refractivity contribution is 0.0946. The van der Waals surface area contributed by atoms with Crippen LogP contribution in [0.25, 0.3) is 11.5 Å². The summed E-state index contributed by atoms with van der Waals surface area (Å²) in [6, 6.07) is 12.4. The summed E-state index contributed by atoms with van der Waals surface area (Å²) in [5.74, 6) is 0.733. The molecule has 1 amide bonds. The number of nitrogens with one attached hydrogen (secondary N) is 1. The third kappa shape index (κ3) is 4.13. The van der Waals surface area contributed by atoms with Gasteiger partial charge in [0.2, 0.25) is 5.89 Å². The Balaban J connectivity index is 1.66. The molecule has 3 rings (SSSR count). The van der Waals surface area contributed by atoms with Gasteiger partial charge in [0.15, 0.2) is 5.69 Å². The van der Waals surface area contributed by atoms with Crippen molar-refractivity contribution in [1.82, 2.24) is 10.3 Å². The molecule has 25 heavy (non-hydrogen) atoms. The van der Waals surface area contributed by atoms with Gasteiger partial charge in [-0.3, -0.25) is 4.79 Å². The van der Waals surface area contributed by atoms with E-state index in [1.807, 2.05) is 24.3 Å². The van der Waals surface area contributed by atoms with Crippen LogP contribution in [0.2, 0.25) is 10.0 Å². The van der Waals surface area contributed by atoms with Crippen LogP contribution in [0.3, 0.4) is 0 Å². The first-order valence-electron chi connectivity index (χ1n) is 7.39. The van der Waals surface area contributed by atoms with Crippen molar-refractivity contribution in [1.29, 1.82) is 0 Å². The van der Waals surface area contributed by atoms with Gasteiger partial charge in [-0.2, -0.15) is 0 Å². The molecule has 3 aromatic rings. The summed E-state index contributed by atoms with van der Waals surface area (Å²) in [4.78, 5) is 16.4. The highest BCUT2D eigenvalue weighted by atomic mass is 35.5. The van der Waals surface area contributed by atoms with E-state index in [1.165, 1.54) is 6.26 Å². The maximum absolute atomic E-state index is 12.2. The molecule has 0 radical (unpaired) electrons. The number of methoxy groups -OCH3 is 1. The molecule has 2 aromatic carbocycles. The smallest absolute Gasteiger partial charge is 0.273 e. The van der Waals surface area contributed by atoms with Gasteiger partial charge < -0.3 is 14.5 Å². The fraction of sp³-hybridized carbons (Fsp3) is 0.111. The van der Waals surface area contributed by atoms with Crippen LogP contribution >= 0.6 is 23.2 Å². The number of nitrogens with zero attached hydrogens (tertiary/aromatic N) is 1. The molecule has 0 spiro atoms. The highest BCUT2D eigenvalue weighted by molar-refractivity contribution is 6.42. The first-order valence-corrected chi connectivity index (χ1v) is 8.14. The van der Waals surface area contributed by atoms with Gasteiger partial charge in [0, 0.05) is 12.1 Å². The van der Waals surface area contributed by atoms with Gasteiger partial charge in [-0.1, -0.05) is 35.3 Å². The highest BCUT2D eigenvalue weighted by Gasteiger charge is 2.14. The van der Waals surface area contributed by atoms with Crippen molar-refractivity contribution in [2.45, 2.75) is 6.54 Å². The molecular weight excluding hydrogens is 363 g/mol. The largest absolute Gasteiger partial charge is 0.497 e. The van der Waals surface area contributed by atoms with E-state index in [0.717, 1.165) is 11.3 Å². The number of hydrogen-bond donors (Lipinski definition) is 1. The van der Waals surface area contributed by atoms with Crippen molar-refractivity contribution in [3.8, 4) is 17.2 Å². The minimum atomic E-state index is -0.328. The van der Waals surface area contributed by atoms with Crippen molar-refractivity contribution >= 4 is 29.1 Å². The number of amides is 1. The standard InChI is InChI=1S/C18H14Cl2N2O3/c1-24-13-5-2-11(3-6-13)9-21-17(23)16-10-25-18(22-16)12-4-7-14(19)15(20)8-12/h2-8,10H,9H2,1H3,(H,21,23). The molecule has 1 heterocycles. The molecule has 0 aliphatic carbocycles. The molecule has 5 nitrogen and oxygen atoms in total. The number of carbonyl (C=O) groups is 1. The summed E-state index contributed by atoms with van der Waals surface area (Å²) in [6.45, 7) is 0.373. The molecule has 0 saturated heterocycles. The summed E-state index contributed by atoms with van der Waals surface area (Å²) in [6.07, 6.45) is 1.31. The van der Waals surface area contributed by atoms with Crippen LogP contribution in [-0.2, 0) is 6.54 Å². The van der Waals surface area contributed by atoms with E-state index in [-0.39, 0.29) is 11.6 Å². The Bertz CT molecular complexity index is 892. The van der Waals surface area contributed by atoms with Crippen molar-refractivity contribution in [2.24, 2.45) is 0 Å². The molecule has 0 aliphatic heterocycles. The number of rotatable bonds is 5. The Morgan fingerprint density at radius 3 is 2.60 bits per heavy atom. The van der Waals surface area contributed by atoms with Crippen LogP contribution in [0.4, 0.5) is 0 Å². The topological polar surface area (TPSA) is 64.4 Å². The SMILES string of the molecule is COc1ccc(CNC(=O)c2coc(-c3ccc(Cl)c(Cl)c3)n2)cc1. The number of oxazole rings is 1. The van der Waals surface area contributed by atoms with Crippen LogP contribution in [0, 0.1) is 0 Å². The second kappa shape index (κ2) is 7.59. The number of hydrogen-bond acceptors (Lipinski definition) is 4. The Morgan fingerprint density at radius 2 is 1.92 bits per heavy atom. The molecule has 0 aliphatic rings. The maximum Gasteiger partial charge on any atom is 0.273 e. The zero-order valence-electron chi connectivity index (χ0n) is 13.3. The molecule has 7 heteroatoms. The van der Waals surface area contributed by atoms with Crippen molar-refractivity contribution in [2.75, 3.05) is 7.11 Å². The number of halogens is 2. The first-order chi connectivity index (χ1) is 12.1. The van der Waals surface area contributed by atoms with Crippen LogP contribution in [0.15, 0.2) is 53.1 Å². The van der Waals surface area contributed by atoms with Gasteiger partial charge in [-0.25, -0.2) is 4.98 Å². The number of aromatic nitrogens is 1. The van der Waals surface area contributed by atoms with Crippen molar-refractivity contribution in [3.05, 3.63) is 70.0 Å². The summed E-state index contributed by atoms with van der Waals surface area (Å²) in [5.41, 5.74) is 1.78. The molecule has 0 atom stereocenters. The van der Waals surface area contributed by atoms with E-state index in [2.05, 4.69) is 10.3 Å². The average molecular weight is 377 g/mol. The molecule has 0 fully saturated rings. The Kier molecular flexibility index (Phi) is 5.26. The lowest BCUT2D eigenvalue weighted by atomic mass is 10.2. The quantitative estimate of drug-likeness (QED) is 0.707. The molecule has 0 saturated carbocycles. The van der Waals surface area contributed by atoms with E-state index >= 15 is 0 Å². The number of benzene rings is 2. The fourth-order valence-electron chi connectivity index (χ4n) is 2.16. The molecule has 1 N–H and O–H groups in total. The predicted octanol–water partition coefficient (Wildman–Crippen LogP) is 4.59. The highest BCUT2D eigenvalue weighted by Crippen LogP contribution is 2.28. The zero-order valence-corrected chi connectivity index (χ0v) is 14.8. The lowest BCUT2D eigenvalue weighted by Crippen LogP contribution is -2.23. The summed E-state index contributed by atoms with van der Waals surface area (Å²) >= 11 is 11.9. The third-order valence-electron chi connectivity index (χ3n) is 3.52. The minimum absolute atomic E-state index is 0.189.